The van der Waals surface area contributed by atoms with Crippen LogP contribution in [0.2, 0.25) is 0 Å². The van der Waals surface area contributed by atoms with E-state index in [4.69, 9.17) is 14.7 Å². The van der Waals surface area contributed by atoms with E-state index < -0.39 is 17.1 Å². The molecule has 1 aromatic carbocycles. The van der Waals surface area contributed by atoms with Crippen LogP contribution in [0, 0.1) is 0 Å². The molecule has 0 aliphatic carbocycles. The van der Waals surface area contributed by atoms with Gasteiger partial charge in [0.2, 0.25) is 0 Å². The molecule has 0 aliphatic heterocycles. The number of nitrogens with zero attached hydrogens (tertiary/aromatic N) is 3. The molecule has 0 radical (unpaired) electrons. The van der Waals surface area contributed by atoms with Crippen molar-refractivity contribution in [1.82, 2.24) is 0 Å². The predicted octanol–water partition coefficient (Wildman–Crippen LogP) is 2.25. The van der Waals surface area contributed by atoms with Crippen molar-refractivity contribution in [3.63, 3.8) is 0 Å². The first-order valence-electron chi connectivity index (χ1n) is 4.88. The van der Waals surface area contributed by atoms with Crippen molar-refractivity contribution in [2.45, 2.75) is 0 Å². The second-order valence-corrected chi connectivity index (χ2v) is 3.29. The molecule has 18 heavy (non-hydrogen) atoms. The summed E-state index contributed by atoms with van der Waals surface area (Å²) in [7, 11) is 1.31. The average Bonchev–Trinajstić information content (AvgIpc) is 2.37. The van der Waals surface area contributed by atoms with Crippen LogP contribution in [0.5, 0.6) is 5.75 Å². The van der Waals surface area contributed by atoms with E-state index in [1.807, 2.05) is 0 Å². The minimum Gasteiger partial charge on any atom is -0.495 e. The third kappa shape index (κ3) is 1.79. The molecular formula is C11H7N3O4. The number of para-hydroxylation sites is 1. The summed E-state index contributed by atoms with van der Waals surface area (Å²) in [4.78, 5) is 25.6. The van der Waals surface area contributed by atoms with E-state index in [1.165, 1.54) is 7.11 Å². The molecule has 2 aromatic rings. The Morgan fingerprint density at radius 1 is 1.44 bits per heavy atom. The third-order valence-corrected chi connectivity index (χ3v) is 2.32. The molecule has 0 spiro atoms. The van der Waals surface area contributed by atoms with Crippen LogP contribution in [0.25, 0.3) is 21.4 Å². The van der Waals surface area contributed by atoms with Gasteiger partial charge in [0.15, 0.2) is 5.56 Å². The van der Waals surface area contributed by atoms with Gasteiger partial charge in [0, 0.05) is 4.91 Å². The van der Waals surface area contributed by atoms with Gasteiger partial charge in [-0.3, -0.25) is 4.79 Å². The number of carbonyl (C=O) groups excluding carboxylic acids is 1. The van der Waals surface area contributed by atoms with E-state index in [0.29, 0.717) is 5.39 Å². The lowest BCUT2D eigenvalue weighted by molar-refractivity contribution is 0.0994. The fraction of sp³-hybridized carbons (Fsp3) is 0.0909. The van der Waals surface area contributed by atoms with Gasteiger partial charge in [-0.05, 0) is 22.8 Å². The summed E-state index contributed by atoms with van der Waals surface area (Å²) < 4.78 is 10.0. The number of azide groups is 1. The number of methoxy groups -OCH3 is 1. The maximum Gasteiger partial charge on any atom is 0.351 e. The van der Waals surface area contributed by atoms with Gasteiger partial charge in [-0.1, -0.05) is 12.1 Å². The Morgan fingerprint density at radius 2 is 2.17 bits per heavy atom. The quantitative estimate of drug-likeness (QED) is 0.350. The van der Waals surface area contributed by atoms with Crippen molar-refractivity contribution in [3.8, 4) is 5.75 Å². The molecule has 0 saturated heterocycles. The lowest BCUT2D eigenvalue weighted by Crippen LogP contribution is -2.14. The summed E-state index contributed by atoms with van der Waals surface area (Å²) >= 11 is 0. The zero-order chi connectivity index (χ0) is 13.1. The summed E-state index contributed by atoms with van der Waals surface area (Å²) in [6.07, 6.45) is 0. The Kier molecular flexibility index (Phi) is 2.99. The molecule has 90 valence electrons. The number of fused-ring (bicyclic) bond motifs is 1. The Labute approximate surface area is 100 Å². The van der Waals surface area contributed by atoms with Crippen molar-refractivity contribution >= 4 is 16.9 Å². The molecule has 1 aromatic heterocycles. The molecule has 2 rings (SSSR count). The molecule has 1 heterocycles. The molecular weight excluding hydrogens is 238 g/mol. The Balaban J connectivity index is 2.88. The molecule has 0 atom stereocenters. The standard InChI is InChI=1S/C11H7N3O4/c1-17-9-6-4-2-3-5-7(6)18-11(16)8(9)10(15)13-14-12/h2-5H,1H3. The number of rotatable bonds is 2. The number of hydrogen-bond donors (Lipinski definition) is 0. The zero-order valence-electron chi connectivity index (χ0n) is 9.28. The summed E-state index contributed by atoms with van der Waals surface area (Å²) in [6, 6.07) is 6.58. The normalized spacial score (nSPS) is 9.83. The second-order valence-electron chi connectivity index (χ2n) is 3.29. The fourth-order valence-electron chi connectivity index (χ4n) is 1.61. The molecule has 0 bridgehead atoms. The third-order valence-electron chi connectivity index (χ3n) is 2.32. The lowest BCUT2D eigenvalue weighted by Gasteiger charge is -2.07. The molecule has 0 fully saturated rings. The largest absolute Gasteiger partial charge is 0.495 e. The van der Waals surface area contributed by atoms with Crippen LogP contribution in [0.4, 0.5) is 0 Å². The zero-order valence-corrected chi connectivity index (χ0v) is 9.28. The summed E-state index contributed by atoms with van der Waals surface area (Å²) in [5, 5.41) is 3.33. The Morgan fingerprint density at radius 3 is 2.83 bits per heavy atom. The summed E-state index contributed by atoms with van der Waals surface area (Å²) in [6.45, 7) is 0. The van der Waals surface area contributed by atoms with E-state index in [-0.39, 0.29) is 11.3 Å². The molecule has 1 amide bonds. The van der Waals surface area contributed by atoms with Crippen molar-refractivity contribution in [3.05, 3.63) is 50.7 Å². The SMILES string of the molecule is COc1c(C(=O)N=[N+]=[N-])c(=O)oc2ccccc12. The molecule has 0 N–H and O–H groups in total. The highest BCUT2D eigenvalue weighted by Crippen LogP contribution is 2.27. The monoisotopic (exact) mass is 245 g/mol. The van der Waals surface area contributed by atoms with Crippen LogP contribution in [0.3, 0.4) is 0 Å². The number of benzene rings is 1. The van der Waals surface area contributed by atoms with Crippen LogP contribution < -0.4 is 10.4 Å². The second kappa shape index (κ2) is 4.60. The molecule has 7 heteroatoms. The van der Waals surface area contributed by atoms with E-state index in [0.717, 1.165) is 0 Å². The highest BCUT2D eigenvalue weighted by molar-refractivity contribution is 6.02. The van der Waals surface area contributed by atoms with Gasteiger partial charge in [-0.15, -0.1) is 0 Å². The highest BCUT2D eigenvalue weighted by atomic mass is 16.5. The number of hydrogen-bond acceptors (Lipinski definition) is 4. The van der Waals surface area contributed by atoms with Crippen molar-refractivity contribution in [1.29, 1.82) is 0 Å². The maximum atomic E-state index is 11.7. The van der Waals surface area contributed by atoms with Crippen LogP contribution in [0.15, 0.2) is 38.6 Å². The first-order chi connectivity index (χ1) is 8.69. The summed E-state index contributed by atoms with van der Waals surface area (Å²) in [5.41, 5.74) is 7.21. The van der Waals surface area contributed by atoms with Crippen molar-refractivity contribution in [2.24, 2.45) is 5.11 Å². The lowest BCUT2D eigenvalue weighted by atomic mass is 10.1. The minimum atomic E-state index is -1.03. The maximum absolute atomic E-state index is 11.7. The average molecular weight is 245 g/mol. The van der Waals surface area contributed by atoms with Gasteiger partial charge in [-0.25, -0.2) is 4.79 Å². The predicted molar refractivity (Wildman–Crippen MR) is 62.5 cm³/mol. The van der Waals surface area contributed by atoms with Crippen LogP contribution in [-0.2, 0) is 0 Å². The van der Waals surface area contributed by atoms with E-state index in [1.54, 1.807) is 24.3 Å². The fourth-order valence-corrected chi connectivity index (χ4v) is 1.61. The molecule has 0 aliphatic rings. The molecule has 7 nitrogen and oxygen atoms in total. The van der Waals surface area contributed by atoms with Gasteiger partial charge in [0.25, 0.3) is 5.91 Å². The van der Waals surface area contributed by atoms with Gasteiger partial charge in [0.05, 0.1) is 12.5 Å². The smallest absolute Gasteiger partial charge is 0.351 e. The highest BCUT2D eigenvalue weighted by Gasteiger charge is 2.20. The van der Waals surface area contributed by atoms with Crippen molar-refractivity contribution in [2.75, 3.05) is 7.11 Å². The molecule has 0 unspecified atom stereocenters. The Bertz CT molecular complexity index is 729. The first-order valence-corrected chi connectivity index (χ1v) is 4.88. The Hall–Kier alpha value is -2.79. The number of carbonyl (C=O) groups is 1. The van der Waals surface area contributed by atoms with Crippen molar-refractivity contribution < 1.29 is 13.9 Å². The first kappa shape index (κ1) is 11.7. The summed E-state index contributed by atoms with van der Waals surface area (Å²) in [5.74, 6) is -0.992. The van der Waals surface area contributed by atoms with Crippen LogP contribution in [-0.4, -0.2) is 13.0 Å². The molecule has 0 saturated carbocycles. The van der Waals surface area contributed by atoms with E-state index in [2.05, 4.69) is 10.0 Å². The number of ether oxygens (including phenoxy) is 1. The van der Waals surface area contributed by atoms with E-state index >= 15 is 0 Å². The van der Waals surface area contributed by atoms with Gasteiger partial charge < -0.3 is 9.15 Å². The van der Waals surface area contributed by atoms with E-state index in [9.17, 15) is 9.59 Å². The minimum absolute atomic E-state index is 0.0410. The van der Waals surface area contributed by atoms with Gasteiger partial charge >= 0.3 is 5.63 Å². The van der Waals surface area contributed by atoms with Crippen LogP contribution >= 0.6 is 0 Å². The van der Waals surface area contributed by atoms with Gasteiger partial charge in [-0.2, -0.15) is 0 Å². The van der Waals surface area contributed by atoms with Gasteiger partial charge in [0.1, 0.15) is 11.3 Å². The van der Waals surface area contributed by atoms with Crippen LogP contribution in [0.1, 0.15) is 10.4 Å². The number of amides is 1. The topological polar surface area (TPSA) is 105 Å².